The molecule has 5 amide bonds. The number of unbranched alkanes of at least 4 members (excludes halogenated alkanes) is 3. The van der Waals surface area contributed by atoms with Crippen molar-refractivity contribution in [3.63, 3.8) is 0 Å². The predicted molar refractivity (Wildman–Crippen MR) is 187 cm³/mol. The molecule has 4 fully saturated rings. The standard InChI is InChI=1S/C33H57N5O14S/c1-17(41)36-25-27(45)30(52-32-29(47)28(46)26(44)19(14-39)50-32)20(15-40)51-31(25)49-13-7-12-35-22(42)9-3-2-6-11-34-23(43)10-5-4-8-21-24-18(16-53-21)37-33(48)38-24/h18-21,24-32,39-40,44-47H,2-16H2,1H3,(H,34,43)(H,35,42)(H,36,41)(H2,37,38,48)/t18-,19?,20?,21-,24-,25?,26?,27?,28?,29?,30?,31?,32?/m0/s1. The summed E-state index contributed by atoms with van der Waals surface area (Å²) in [5, 5.41) is 75.7. The summed E-state index contributed by atoms with van der Waals surface area (Å²) in [6.07, 6.45) is -7.38. The summed E-state index contributed by atoms with van der Waals surface area (Å²) < 4.78 is 22.6. The molecule has 4 heterocycles. The van der Waals surface area contributed by atoms with Crippen LogP contribution in [0.15, 0.2) is 0 Å². The fourth-order valence-electron chi connectivity index (χ4n) is 6.87. The van der Waals surface area contributed by atoms with Gasteiger partial charge in [-0.15, -0.1) is 0 Å². The van der Waals surface area contributed by atoms with Crippen LogP contribution in [0.1, 0.15) is 64.7 Å². The van der Waals surface area contributed by atoms with Crippen LogP contribution in [-0.2, 0) is 33.3 Å². The summed E-state index contributed by atoms with van der Waals surface area (Å²) in [4.78, 5) is 47.9. The number of hydrogen-bond acceptors (Lipinski definition) is 15. The summed E-state index contributed by atoms with van der Waals surface area (Å²) >= 11 is 1.87. The number of urea groups is 1. The van der Waals surface area contributed by atoms with Crippen LogP contribution < -0.4 is 26.6 Å². The number of aliphatic hydroxyl groups excluding tert-OH is 6. The zero-order valence-corrected chi connectivity index (χ0v) is 30.8. The van der Waals surface area contributed by atoms with Crippen molar-refractivity contribution in [1.29, 1.82) is 0 Å². The van der Waals surface area contributed by atoms with Crippen LogP contribution >= 0.6 is 11.8 Å². The number of aliphatic hydroxyl groups is 6. The molecule has 0 spiro atoms. The first-order chi connectivity index (χ1) is 25.4. The van der Waals surface area contributed by atoms with Crippen molar-refractivity contribution in [2.45, 2.75) is 143 Å². The molecular formula is C33H57N5O14S. The van der Waals surface area contributed by atoms with E-state index in [0.717, 1.165) is 37.9 Å². The van der Waals surface area contributed by atoms with E-state index in [1.165, 1.54) is 6.92 Å². The Kier molecular flexibility index (Phi) is 17.7. The molecule has 304 valence electrons. The number of hydrogen-bond donors (Lipinski definition) is 11. The Morgan fingerprint density at radius 1 is 0.811 bits per heavy atom. The molecule has 0 aromatic rings. The number of carbonyl (C=O) groups is 4. The Labute approximate surface area is 312 Å². The lowest BCUT2D eigenvalue weighted by Gasteiger charge is -2.47. The average molecular weight is 780 g/mol. The molecule has 4 rings (SSSR count). The molecule has 0 saturated carbocycles. The second-order valence-electron chi connectivity index (χ2n) is 13.8. The lowest BCUT2D eigenvalue weighted by atomic mass is 9.95. The third-order valence-electron chi connectivity index (χ3n) is 9.77. The highest BCUT2D eigenvalue weighted by atomic mass is 32.2. The van der Waals surface area contributed by atoms with Crippen LogP contribution in [0.5, 0.6) is 0 Å². The first-order valence-electron chi connectivity index (χ1n) is 18.4. The SMILES string of the molecule is CC(=O)NC1C(OCCCNC(=O)CCCCCNC(=O)CCCC[C@@H]2SC[C@@H]3NC(=O)N[C@@H]32)OC(CO)C(OC2OC(CO)C(O)C(O)C2O)C1O. The molecule has 0 aromatic heterocycles. The van der Waals surface area contributed by atoms with Crippen molar-refractivity contribution >= 4 is 35.5 Å². The fourth-order valence-corrected chi connectivity index (χ4v) is 8.41. The van der Waals surface area contributed by atoms with Gasteiger partial charge in [0.15, 0.2) is 12.6 Å². The lowest BCUT2D eigenvalue weighted by molar-refractivity contribution is -0.348. The fraction of sp³-hybridized carbons (Fsp3) is 0.879. The van der Waals surface area contributed by atoms with Gasteiger partial charge in [0.1, 0.15) is 48.8 Å². The molecule has 20 heteroatoms. The number of ether oxygens (including phenoxy) is 4. The third-order valence-corrected chi connectivity index (χ3v) is 11.3. The largest absolute Gasteiger partial charge is 0.394 e. The van der Waals surface area contributed by atoms with E-state index in [9.17, 15) is 49.8 Å². The van der Waals surface area contributed by atoms with E-state index in [2.05, 4.69) is 26.6 Å². The summed E-state index contributed by atoms with van der Waals surface area (Å²) in [5.41, 5.74) is 0. The maximum absolute atomic E-state index is 12.3. The summed E-state index contributed by atoms with van der Waals surface area (Å²) in [5.74, 6) is 0.272. The first-order valence-corrected chi connectivity index (χ1v) is 19.5. The van der Waals surface area contributed by atoms with E-state index in [1.807, 2.05) is 11.8 Å². The van der Waals surface area contributed by atoms with E-state index in [4.69, 9.17) is 18.9 Å². The van der Waals surface area contributed by atoms with E-state index in [-0.39, 0.29) is 43.1 Å². The molecule has 0 aromatic carbocycles. The summed E-state index contributed by atoms with van der Waals surface area (Å²) in [7, 11) is 0. The van der Waals surface area contributed by atoms with E-state index >= 15 is 0 Å². The van der Waals surface area contributed by atoms with Crippen molar-refractivity contribution < 1.29 is 68.8 Å². The van der Waals surface area contributed by atoms with Gasteiger partial charge in [0.05, 0.1) is 31.9 Å². The highest BCUT2D eigenvalue weighted by Crippen LogP contribution is 2.33. The van der Waals surface area contributed by atoms with Crippen LogP contribution in [0.2, 0.25) is 0 Å². The van der Waals surface area contributed by atoms with Gasteiger partial charge in [-0.1, -0.05) is 12.8 Å². The number of thioether (sulfide) groups is 1. The van der Waals surface area contributed by atoms with Gasteiger partial charge in [-0.2, -0.15) is 11.8 Å². The Balaban J connectivity index is 1.06. The molecule has 4 saturated heterocycles. The summed E-state index contributed by atoms with van der Waals surface area (Å²) in [6, 6.07) is -0.893. The minimum absolute atomic E-state index is 0.0161. The average Bonchev–Trinajstić information content (AvgIpc) is 3.69. The van der Waals surface area contributed by atoms with Crippen LogP contribution in [-0.4, -0.2) is 172 Å². The Hall–Kier alpha value is -2.37. The number of fused-ring (bicyclic) bond motifs is 1. The second-order valence-corrected chi connectivity index (χ2v) is 15.1. The summed E-state index contributed by atoms with van der Waals surface area (Å²) in [6.45, 7) is 0.735. The monoisotopic (exact) mass is 779 g/mol. The molecular weight excluding hydrogens is 722 g/mol. The van der Waals surface area contributed by atoms with Gasteiger partial charge in [-0.05, 0) is 32.1 Å². The number of rotatable bonds is 21. The molecule has 0 bridgehead atoms. The molecule has 10 unspecified atom stereocenters. The first kappa shape index (κ1) is 43.4. The Morgan fingerprint density at radius 2 is 1.47 bits per heavy atom. The zero-order chi connectivity index (χ0) is 38.5. The van der Waals surface area contributed by atoms with Crippen LogP contribution in [0, 0.1) is 0 Å². The van der Waals surface area contributed by atoms with Crippen LogP contribution in [0.25, 0.3) is 0 Å². The highest BCUT2D eigenvalue weighted by Gasteiger charge is 2.51. The zero-order valence-electron chi connectivity index (χ0n) is 30.0. The van der Waals surface area contributed by atoms with E-state index < -0.39 is 80.5 Å². The molecule has 19 nitrogen and oxygen atoms in total. The normalized spacial score (nSPS) is 35.2. The molecule has 11 N–H and O–H groups in total. The second kappa shape index (κ2) is 21.6. The van der Waals surface area contributed by atoms with E-state index in [0.29, 0.717) is 37.5 Å². The minimum atomic E-state index is -1.77. The van der Waals surface area contributed by atoms with Crippen molar-refractivity contribution in [2.75, 3.05) is 38.7 Å². The maximum atomic E-state index is 12.3. The quantitative estimate of drug-likeness (QED) is 0.0402. The van der Waals surface area contributed by atoms with Gasteiger partial charge in [0.2, 0.25) is 17.7 Å². The molecule has 13 atom stereocenters. The van der Waals surface area contributed by atoms with E-state index in [1.54, 1.807) is 0 Å². The number of carbonyl (C=O) groups excluding carboxylic acids is 4. The van der Waals surface area contributed by atoms with Gasteiger partial charge in [0.25, 0.3) is 0 Å². The van der Waals surface area contributed by atoms with Gasteiger partial charge in [-0.25, -0.2) is 4.79 Å². The van der Waals surface area contributed by atoms with Gasteiger partial charge < -0.3 is 76.2 Å². The van der Waals surface area contributed by atoms with Crippen molar-refractivity contribution in [2.24, 2.45) is 0 Å². The highest BCUT2D eigenvalue weighted by molar-refractivity contribution is 8.00. The number of amides is 5. The lowest BCUT2D eigenvalue weighted by Crippen LogP contribution is -2.67. The van der Waals surface area contributed by atoms with Gasteiger partial charge >= 0.3 is 6.03 Å². The van der Waals surface area contributed by atoms with Crippen LogP contribution in [0.3, 0.4) is 0 Å². The molecule has 4 aliphatic rings. The minimum Gasteiger partial charge on any atom is -0.394 e. The molecule has 53 heavy (non-hydrogen) atoms. The molecule has 0 aliphatic carbocycles. The number of nitrogens with one attached hydrogen (secondary N) is 5. The topological polar surface area (TPSA) is 287 Å². The maximum Gasteiger partial charge on any atom is 0.315 e. The predicted octanol–water partition coefficient (Wildman–Crippen LogP) is -3.32. The van der Waals surface area contributed by atoms with Crippen molar-refractivity contribution in [1.82, 2.24) is 26.6 Å². The Morgan fingerprint density at radius 3 is 2.15 bits per heavy atom. The van der Waals surface area contributed by atoms with Crippen molar-refractivity contribution in [3.05, 3.63) is 0 Å². The van der Waals surface area contributed by atoms with Gasteiger partial charge in [-0.3, -0.25) is 14.4 Å². The van der Waals surface area contributed by atoms with Crippen molar-refractivity contribution in [3.8, 4) is 0 Å². The Bertz CT molecular complexity index is 1190. The smallest absolute Gasteiger partial charge is 0.315 e. The molecule has 0 radical (unpaired) electrons. The van der Waals surface area contributed by atoms with Crippen LogP contribution in [0.4, 0.5) is 4.79 Å². The van der Waals surface area contributed by atoms with Gasteiger partial charge in [0, 0.05) is 43.9 Å². The molecule has 4 aliphatic heterocycles. The third kappa shape index (κ3) is 12.6.